The summed E-state index contributed by atoms with van der Waals surface area (Å²) >= 11 is 5.39. The van der Waals surface area contributed by atoms with Crippen LogP contribution in [0.5, 0.6) is 0 Å². The molecule has 0 radical (unpaired) electrons. The maximum atomic E-state index is 14.1. The van der Waals surface area contributed by atoms with Crippen LogP contribution in [0.3, 0.4) is 0 Å². The van der Waals surface area contributed by atoms with E-state index in [0.29, 0.717) is 38.9 Å². The SMILES string of the molecule is C=CCOC(=O)[C@H]1[C@@H]2SC3(CC2Br)C(C(=O)N(CC=C)CCCCC)N(CCCCCO)C(=O)[C@H]13. The Morgan fingerprint density at radius 2 is 2.03 bits per heavy atom. The van der Waals surface area contributed by atoms with Crippen molar-refractivity contribution in [3.05, 3.63) is 25.3 Å². The summed E-state index contributed by atoms with van der Waals surface area (Å²) in [7, 11) is 0. The molecule has 9 heteroatoms. The van der Waals surface area contributed by atoms with Crippen molar-refractivity contribution < 1.29 is 24.2 Å². The highest BCUT2D eigenvalue weighted by Crippen LogP contribution is 2.68. The van der Waals surface area contributed by atoms with E-state index < -0.39 is 22.6 Å². The fourth-order valence-corrected chi connectivity index (χ4v) is 9.49. The van der Waals surface area contributed by atoms with Gasteiger partial charge in [0.15, 0.2) is 0 Å². The van der Waals surface area contributed by atoms with Gasteiger partial charge in [-0.2, -0.15) is 0 Å². The number of esters is 1. The van der Waals surface area contributed by atoms with Crippen LogP contribution in [0.4, 0.5) is 0 Å². The summed E-state index contributed by atoms with van der Waals surface area (Å²) in [6, 6.07) is -0.622. The first-order chi connectivity index (χ1) is 16.9. The van der Waals surface area contributed by atoms with Crippen LogP contribution in [0.1, 0.15) is 51.9 Å². The topological polar surface area (TPSA) is 87.2 Å². The number of carbonyl (C=O) groups is 3. The largest absolute Gasteiger partial charge is 0.461 e. The molecule has 3 fully saturated rings. The molecule has 3 unspecified atom stereocenters. The Kier molecular flexibility index (Phi) is 10.3. The molecular weight excluding hydrogens is 532 g/mol. The van der Waals surface area contributed by atoms with Gasteiger partial charge in [0, 0.05) is 36.3 Å². The molecule has 6 atom stereocenters. The Labute approximate surface area is 221 Å². The van der Waals surface area contributed by atoms with Gasteiger partial charge >= 0.3 is 5.97 Å². The Morgan fingerprint density at radius 3 is 2.69 bits per heavy atom. The van der Waals surface area contributed by atoms with Crippen LogP contribution in [0.2, 0.25) is 0 Å². The van der Waals surface area contributed by atoms with E-state index >= 15 is 0 Å². The van der Waals surface area contributed by atoms with E-state index in [-0.39, 0.29) is 41.1 Å². The van der Waals surface area contributed by atoms with Crippen molar-refractivity contribution in [2.45, 2.75) is 72.7 Å². The number of aliphatic hydroxyl groups is 1. The number of hydrogen-bond acceptors (Lipinski definition) is 6. The summed E-state index contributed by atoms with van der Waals surface area (Å²) in [5, 5.41) is 9.07. The van der Waals surface area contributed by atoms with Gasteiger partial charge in [0.25, 0.3) is 0 Å². The number of rotatable bonds is 15. The normalized spacial score (nSPS) is 30.9. The van der Waals surface area contributed by atoms with Crippen molar-refractivity contribution in [1.82, 2.24) is 9.80 Å². The van der Waals surface area contributed by atoms with Crippen LogP contribution in [0, 0.1) is 11.8 Å². The number of alkyl halides is 1. The standard InChI is InChI=1S/C26H39BrN2O5S/c1-4-7-9-13-28(12-5-2)24(32)22-26-17-18(27)21(35-26)19(25(33)34-16-6-3)20(26)23(31)29(22)14-10-8-11-15-30/h5-6,18-22,30H,2-4,7-17H2,1H3/t18?,19-,20+,21-,22?,26?/m1/s1. The molecule has 1 spiro atoms. The van der Waals surface area contributed by atoms with Gasteiger partial charge in [-0.25, -0.2) is 0 Å². The zero-order chi connectivity index (χ0) is 25.6. The van der Waals surface area contributed by atoms with E-state index in [9.17, 15) is 19.5 Å². The quantitative estimate of drug-likeness (QED) is 0.140. The summed E-state index contributed by atoms with van der Waals surface area (Å²) in [4.78, 5) is 44.8. The van der Waals surface area contributed by atoms with Crippen LogP contribution < -0.4 is 0 Å². The molecule has 35 heavy (non-hydrogen) atoms. The summed E-state index contributed by atoms with van der Waals surface area (Å²) in [6.07, 6.45) is 9.04. The highest BCUT2D eigenvalue weighted by Gasteiger charge is 2.76. The number of hydrogen-bond donors (Lipinski definition) is 1. The smallest absolute Gasteiger partial charge is 0.311 e. The lowest BCUT2D eigenvalue weighted by atomic mass is 9.71. The van der Waals surface area contributed by atoms with Gasteiger partial charge in [-0.15, -0.1) is 18.3 Å². The number of nitrogens with zero attached hydrogens (tertiary/aromatic N) is 2. The van der Waals surface area contributed by atoms with E-state index in [0.717, 1.165) is 25.7 Å². The fraction of sp³-hybridized carbons (Fsp3) is 0.731. The minimum atomic E-state index is -0.661. The monoisotopic (exact) mass is 570 g/mol. The molecule has 0 aliphatic carbocycles. The molecule has 0 aromatic rings. The predicted molar refractivity (Wildman–Crippen MR) is 142 cm³/mol. The first-order valence-corrected chi connectivity index (χ1v) is 14.6. The number of amides is 2. The number of ether oxygens (including phenoxy) is 1. The van der Waals surface area contributed by atoms with Crippen LogP contribution in [0.15, 0.2) is 25.3 Å². The molecule has 0 saturated carbocycles. The lowest BCUT2D eigenvalue weighted by Crippen LogP contribution is -2.55. The molecule has 1 N–H and O–H groups in total. The van der Waals surface area contributed by atoms with E-state index in [1.807, 2.05) is 4.90 Å². The van der Waals surface area contributed by atoms with Gasteiger partial charge in [0.2, 0.25) is 11.8 Å². The van der Waals surface area contributed by atoms with Crippen LogP contribution >= 0.6 is 27.7 Å². The molecule has 3 heterocycles. The van der Waals surface area contributed by atoms with Gasteiger partial charge in [0.05, 0.1) is 16.6 Å². The van der Waals surface area contributed by atoms with Gasteiger partial charge < -0.3 is 19.6 Å². The van der Waals surface area contributed by atoms with Crippen molar-refractivity contribution in [3.8, 4) is 0 Å². The molecule has 2 amide bonds. The molecule has 3 saturated heterocycles. The summed E-state index contributed by atoms with van der Waals surface area (Å²) in [6.45, 7) is 11.3. The van der Waals surface area contributed by atoms with Crippen LogP contribution in [-0.4, -0.2) is 86.4 Å². The highest BCUT2D eigenvalue weighted by molar-refractivity contribution is 9.09. The number of unbranched alkanes of at least 4 members (excludes halogenated alkanes) is 4. The van der Waals surface area contributed by atoms with Crippen LogP contribution in [-0.2, 0) is 19.1 Å². The molecule has 3 aliphatic heterocycles. The summed E-state index contributed by atoms with van der Waals surface area (Å²) in [5.41, 5.74) is 0. The van der Waals surface area contributed by atoms with Crippen molar-refractivity contribution >= 4 is 45.5 Å². The Morgan fingerprint density at radius 1 is 1.26 bits per heavy atom. The number of halogens is 1. The zero-order valence-corrected chi connectivity index (χ0v) is 23.1. The minimum Gasteiger partial charge on any atom is -0.461 e. The van der Waals surface area contributed by atoms with E-state index in [1.165, 1.54) is 6.08 Å². The fourth-order valence-electron chi connectivity index (χ4n) is 5.90. The summed E-state index contributed by atoms with van der Waals surface area (Å²) in [5.74, 6) is -1.71. The Hall–Kier alpha value is -1.32. The van der Waals surface area contributed by atoms with Crippen molar-refractivity contribution in [3.63, 3.8) is 0 Å². The van der Waals surface area contributed by atoms with Crippen molar-refractivity contribution in [2.75, 3.05) is 32.8 Å². The van der Waals surface area contributed by atoms with E-state index in [2.05, 4.69) is 36.0 Å². The molecule has 7 nitrogen and oxygen atoms in total. The number of likely N-dealkylation sites (tertiary alicyclic amines) is 1. The van der Waals surface area contributed by atoms with Gasteiger partial charge in [-0.05, 0) is 32.1 Å². The number of aliphatic hydroxyl groups excluding tert-OH is 1. The molecule has 0 aromatic heterocycles. The molecule has 3 aliphatic rings. The number of thioether (sulfide) groups is 1. The first kappa shape index (κ1) is 28.3. The second kappa shape index (κ2) is 12.8. The average molecular weight is 572 g/mol. The molecule has 196 valence electrons. The average Bonchev–Trinajstić information content (AvgIpc) is 3.43. The van der Waals surface area contributed by atoms with Gasteiger partial charge in [0.1, 0.15) is 12.6 Å². The van der Waals surface area contributed by atoms with Crippen molar-refractivity contribution in [2.24, 2.45) is 11.8 Å². The number of fused-ring (bicyclic) bond motifs is 1. The van der Waals surface area contributed by atoms with Crippen LogP contribution in [0.25, 0.3) is 0 Å². The van der Waals surface area contributed by atoms with Crippen molar-refractivity contribution in [1.29, 1.82) is 0 Å². The van der Waals surface area contributed by atoms with Gasteiger partial charge in [-0.1, -0.05) is 54.4 Å². The lowest BCUT2D eigenvalue weighted by molar-refractivity contribution is -0.153. The molecule has 3 rings (SSSR count). The second-order valence-electron chi connectivity index (χ2n) is 9.68. The third-order valence-corrected chi connectivity index (χ3v) is 10.6. The van der Waals surface area contributed by atoms with E-state index in [1.54, 1.807) is 22.7 Å². The summed E-state index contributed by atoms with van der Waals surface area (Å²) < 4.78 is 4.77. The third kappa shape index (κ3) is 5.52. The second-order valence-corrected chi connectivity index (χ2v) is 12.4. The minimum absolute atomic E-state index is 0.0235. The highest BCUT2D eigenvalue weighted by atomic mass is 79.9. The first-order valence-electron chi connectivity index (χ1n) is 12.8. The number of carbonyl (C=O) groups excluding carboxylic acids is 3. The Balaban J connectivity index is 1.95. The Bertz CT molecular complexity index is 811. The third-order valence-electron chi connectivity index (χ3n) is 7.39. The lowest BCUT2D eigenvalue weighted by Gasteiger charge is -2.38. The zero-order valence-electron chi connectivity index (χ0n) is 20.7. The maximum Gasteiger partial charge on any atom is 0.311 e. The molecule has 0 aromatic carbocycles. The maximum absolute atomic E-state index is 14.1. The molecule has 2 bridgehead atoms. The van der Waals surface area contributed by atoms with E-state index in [4.69, 9.17) is 4.74 Å². The predicted octanol–water partition coefficient (Wildman–Crippen LogP) is 3.55. The van der Waals surface area contributed by atoms with Gasteiger partial charge in [-0.3, -0.25) is 14.4 Å². The molecular formula is C26H39BrN2O5S.